The van der Waals surface area contributed by atoms with Crippen molar-refractivity contribution in [3.8, 4) is 6.07 Å². The zero-order valence-corrected chi connectivity index (χ0v) is 24.2. The molecule has 0 bridgehead atoms. The molecule has 0 spiro atoms. The van der Waals surface area contributed by atoms with Crippen molar-refractivity contribution in [2.75, 3.05) is 13.1 Å². The summed E-state index contributed by atoms with van der Waals surface area (Å²) in [7, 11) is 0. The Hall–Kier alpha value is -4.16. The van der Waals surface area contributed by atoms with Crippen LogP contribution < -0.4 is 5.73 Å². The minimum Gasteiger partial charge on any atom is -0.460 e. The second-order valence-corrected chi connectivity index (χ2v) is 11.3. The highest BCUT2D eigenvalue weighted by Gasteiger charge is 2.40. The SMILES string of the molecule is CCn1c(CC[C@@H]2CCCN2C(=O)[C@H]2CCCN2C(=O)CC(N)C(=O)OCc2ccccc2)cc2ccc(C#N)cc21. The Kier molecular flexibility index (Phi) is 9.23. The minimum atomic E-state index is -1.08. The number of nitriles is 1. The van der Waals surface area contributed by atoms with Gasteiger partial charge < -0.3 is 24.8 Å². The molecule has 2 aliphatic heterocycles. The predicted molar refractivity (Wildman–Crippen MR) is 159 cm³/mol. The highest BCUT2D eigenvalue weighted by Crippen LogP contribution is 2.29. The molecule has 1 unspecified atom stereocenters. The standard InChI is InChI=1S/C33H39N5O4/c1-2-36-27(19-25-13-12-24(21-34)18-30(25)36)15-14-26-10-6-16-37(26)32(40)29-11-7-17-38(29)31(39)20-28(35)33(41)42-22-23-8-4-3-5-9-23/h3-5,8-9,12-13,18-19,26,28-29H,2,6-7,10-11,14-17,20,22,35H2,1H3/t26-,28?,29+/m0/s1. The molecule has 3 aromatic rings. The van der Waals surface area contributed by atoms with Crippen molar-refractivity contribution in [1.82, 2.24) is 14.4 Å². The topological polar surface area (TPSA) is 122 Å². The van der Waals surface area contributed by atoms with Crippen molar-refractivity contribution < 1.29 is 19.1 Å². The van der Waals surface area contributed by atoms with Crippen LogP contribution >= 0.6 is 0 Å². The molecule has 0 radical (unpaired) electrons. The number of nitrogens with two attached hydrogens (primary N) is 1. The number of benzene rings is 2. The number of aryl methyl sites for hydroxylation is 2. The van der Waals surface area contributed by atoms with E-state index in [1.165, 1.54) is 5.69 Å². The lowest BCUT2D eigenvalue weighted by molar-refractivity contribution is -0.150. The second-order valence-electron chi connectivity index (χ2n) is 11.3. The highest BCUT2D eigenvalue weighted by atomic mass is 16.5. The van der Waals surface area contributed by atoms with E-state index in [4.69, 9.17) is 10.5 Å². The van der Waals surface area contributed by atoms with E-state index in [0.29, 0.717) is 25.1 Å². The summed E-state index contributed by atoms with van der Waals surface area (Å²) in [6.07, 6.45) is 4.73. The number of rotatable bonds is 10. The van der Waals surface area contributed by atoms with E-state index in [-0.39, 0.29) is 30.9 Å². The van der Waals surface area contributed by atoms with E-state index in [1.54, 1.807) is 4.90 Å². The summed E-state index contributed by atoms with van der Waals surface area (Å²) in [6, 6.07) is 18.0. The molecule has 220 valence electrons. The third-order valence-corrected chi connectivity index (χ3v) is 8.61. The summed E-state index contributed by atoms with van der Waals surface area (Å²) in [5, 5.41) is 10.4. The van der Waals surface area contributed by atoms with Crippen LogP contribution in [-0.4, -0.2) is 63.4 Å². The van der Waals surface area contributed by atoms with Gasteiger partial charge in [0.1, 0.15) is 18.7 Å². The molecule has 2 saturated heterocycles. The molecule has 9 heteroatoms. The van der Waals surface area contributed by atoms with E-state index in [1.807, 2.05) is 53.4 Å². The number of likely N-dealkylation sites (tertiary alicyclic amines) is 2. The molecule has 0 aliphatic carbocycles. The van der Waals surface area contributed by atoms with Gasteiger partial charge in [-0.1, -0.05) is 36.4 Å². The van der Waals surface area contributed by atoms with Gasteiger partial charge in [-0.15, -0.1) is 0 Å². The smallest absolute Gasteiger partial charge is 0.323 e. The summed E-state index contributed by atoms with van der Waals surface area (Å²) >= 11 is 0. The van der Waals surface area contributed by atoms with Crippen molar-refractivity contribution in [1.29, 1.82) is 5.26 Å². The molecule has 2 amide bonds. The molecular weight excluding hydrogens is 530 g/mol. The molecule has 2 aliphatic rings. The van der Waals surface area contributed by atoms with Gasteiger partial charge in [-0.3, -0.25) is 14.4 Å². The third kappa shape index (κ3) is 6.34. The number of nitrogens with zero attached hydrogens (tertiary/aromatic N) is 4. The maximum atomic E-state index is 13.8. The second kappa shape index (κ2) is 13.2. The lowest BCUT2D eigenvalue weighted by atomic mass is 10.1. The van der Waals surface area contributed by atoms with Crippen LogP contribution in [0.25, 0.3) is 10.9 Å². The summed E-state index contributed by atoms with van der Waals surface area (Å²) in [5.74, 6) is -0.907. The minimum absolute atomic E-state index is 0.00160. The van der Waals surface area contributed by atoms with E-state index < -0.39 is 18.1 Å². The van der Waals surface area contributed by atoms with Crippen LogP contribution in [0.3, 0.4) is 0 Å². The zero-order chi connectivity index (χ0) is 29.6. The normalized spacial score (nSPS) is 19.2. The van der Waals surface area contributed by atoms with Crippen LogP contribution in [0.2, 0.25) is 0 Å². The number of fused-ring (bicyclic) bond motifs is 1. The molecule has 2 aromatic carbocycles. The van der Waals surface area contributed by atoms with Crippen LogP contribution in [0.5, 0.6) is 0 Å². The Morgan fingerprint density at radius 1 is 1.05 bits per heavy atom. The summed E-state index contributed by atoms with van der Waals surface area (Å²) in [4.78, 5) is 43.0. The van der Waals surface area contributed by atoms with Crippen LogP contribution in [0.15, 0.2) is 54.6 Å². The van der Waals surface area contributed by atoms with Crippen LogP contribution in [0.4, 0.5) is 0 Å². The molecule has 3 heterocycles. The van der Waals surface area contributed by atoms with Crippen molar-refractivity contribution in [3.63, 3.8) is 0 Å². The van der Waals surface area contributed by atoms with Gasteiger partial charge in [-0.25, -0.2) is 0 Å². The van der Waals surface area contributed by atoms with Crippen LogP contribution in [0.1, 0.15) is 62.3 Å². The Balaban J connectivity index is 1.18. The first kappa shape index (κ1) is 29.3. The molecule has 42 heavy (non-hydrogen) atoms. The van der Waals surface area contributed by atoms with Crippen LogP contribution in [-0.2, 0) is 38.7 Å². The Bertz CT molecular complexity index is 1480. The number of carbonyl (C=O) groups excluding carboxylic acids is 3. The van der Waals surface area contributed by atoms with Crippen molar-refractivity contribution in [3.05, 3.63) is 71.4 Å². The average Bonchev–Trinajstić information content (AvgIpc) is 3.76. The Morgan fingerprint density at radius 2 is 1.81 bits per heavy atom. The van der Waals surface area contributed by atoms with Gasteiger partial charge >= 0.3 is 5.97 Å². The van der Waals surface area contributed by atoms with Gasteiger partial charge in [-0.2, -0.15) is 5.26 Å². The summed E-state index contributed by atoms with van der Waals surface area (Å²) < 4.78 is 7.56. The quantitative estimate of drug-likeness (QED) is 0.370. The van der Waals surface area contributed by atoms with Gasteiger partial charge in [-0.05, 0) is 74.6 Å². The van der Waals surface area contributed by atoms with Crippen molar-refractivity contribution in [2.24, 2.45) is 5.73 Å². The van der Waals surface area contributed by atoms with Crippen LogP contribution in [0, 0.1) is 11.3 Å². The monoisotopic (exact) mass is 569 g/mol. The van der Waals surface area contributed by atoms with E-state index >= 15 is 0 Å². The molecule has 5 rings (SSSR count). The fraction of sp³-hybridized carbons (Fsp3) is 0.455. The fourth-order valence-corrected chi connectivity index (χ4v) is 6.44. The molecular formula is C33H39N5O4. The number of hydrogen-bond acceptors (Lipinski definition) is 6. The molecule has 0 saturated carbocycles. The number of ether oxygens (including phenoxy) is 1. The summed E-state index contributed by atoms with van der Waals surface area (Å²) in [6.45, 7) is 4.19. The molecule has 2 fully saturated rings. The first-order valence-corrected chi connectivity index (χ1v) is 15.0. The number of amides is 2. The van der Waals surface area contributed by atoms with Crippen molar-refractivity contribution in [2.45, 2.75) is 83.1 Å². The molecule has 1 aromatic heterocycles. The first-order chi connectivity index (χ1) is 20.4. The first-order valence-electron chi connectivity index (χ1n) is 15.0. The largest absolute Gasteiger partial charge is 0.460 e. The third-order valence-electron chi connectivity index (χ3n) is 8.61. The van der Waals surface area contributed by atoms with Crippen molar-refractivity contribution >= 4 is 28.7 Å². The summed E-state index contributed by atoms with van der Waals surface area (Å²) in [5.41, 5.74) is 9.80. The van der Waals surface area contributed by atoms with Gasteiger partial charge in [0.05, 0.1) is 18.1 Å². The Labute approximate surface area is 246 Å². The fourth-order valence-electron chi connectivity index (χ4n) is 6.44. The highest BCUT2D eigenvalue weighted by molar-refractivity contribution is 5.91. The maximum Gasteiger partial charge on any atom is 0.323 e. The molecule has 2 N–H and O–H groups in total. The van der Waals surface area contributed by atoms with E-state index in [2.05, 4.69) is 23.6 Å². The van der Waals surface area contributed by atoms with Gasteiger partial charge in [0.15, 0.2) is 0 Å². The van der Waals surface area contributed by atoms with Gasteiger partial charge in [0.25, 0.3) is 0 Å². The lowest BCUT2D eigenvalue weighted by Crippen LogP contribution is -2.50. The predicted octanol–water partition coefficient (Wildman–Crippen LogP) is 3.91. The number of esters is 1. The molecule has 3 atom stereocenters. The zero-order valence-electron chi connectivity index (χ0n) is 24.2. The lowest BCUT2D eigenvalue weighted by Gasteiger charge is -2.32. The number of carbonyl (C=O) groups is 3. The van der Waals surface area contributed by atoms with E-state index in [0.717, 1.165) is 55.1 Å². The Morgan fingerprint density at radius 3 is 2.57 bits per heavy atom. The number of aromatic nitrogens is 1. The number of hydrogen-bond donors (Lipinski definition) is 1. The van der Waals surface area contributed by atoms with Gasteiger partial charge in [0, 0.05) is 36.9 Å². The van der Waals surface area contributed by atoms with E-state index in [9.17, 15) is 19.6 Å². The maximum absolute atomic E-state index is 13.8. The molecule has 9 nitrogen and oxygen atoms in total. The van der Waals surface area contributed by atoms with Gasteiger partial charge in [0.2, 0.25) is 11.8 Å². The average molecular weight is 570 g/mol.